The molecule has 3 N–H and O–H groups in total. The van der Waals surface area contributed by atoms with Crippen molar-refractivity contribution in [3.8, 4) is 0 Å². The lowest BCUT2D eigenvalue weighted by molar-refractivity contribution is 0.0954. The van der Waals surface area contributed by atoms with E-state index in [0.717, 1.165) is 19.1 Å². The number of hydrogen-bond donors (Lipinski definition) is 3. The maximum Gasteiger partial charge on any atom is 0.255 e. The molecule has 0 saturated heterocycles. The molecule has 7 nitrogen and oxygen atoms in total. The number of amides is 2. The predicted molar refractivity (Wildman–Crippen MR) is 107 cm³/mol. The van der Waals surface area contributed by atoms with Gasteiger partial charge in [-0.25, -0.2) is 8.42 Å². The van der Waals surface area contributed by atoms with Gasteiger partial charge in [0.2, 0.25) is 10.0 Å². The molecule has 0 heterocycles. The molecule has 0 saturated carbocycles. The second kappa shape index (κ2) is 9.18. The van der Waals surface area contributed by atoms with Gasteiger partial charge in [0.25, 0.3) is 11.8 Å². The fourth-order valence-electron chi connectivity index (χ4n) is 2.40. The number of rotatable bonds is 8. The molecule has 0 aromatic heterocycles. The van der Waals surface area contributed by atoms with Crippen LogP contribution in [0.3, 0.4) is 0 Å². The summed E-state index contributed by atoms with van der Waals surface area (Å²) >= 11 is 0. The number of sulfonamides is 1. The van der Waals surface area contributed by atoms with Gasteiger partial charge in [-0.2, -0.15) is 0 Å². The van der Waals surface area contributed by atoms with E-state index in [4.69, 9.17) is 0 Å². The topological polar surface area (TPSA) is 104 Å². The molecule has 0 radical (unpaired) electrons. The number of para-hydroxylation sites is 1. The molecule has 2 rings (SSSR count). The number of unbranched alkanes of at least 4 members (excludes halogenated alkanes) is 1. The molecule has 27 heavy (non-hydrogen) atoms. The summed E-state index contributed by atoms with van der Waals surface area (Å²) in [6.45, 7) is 2.60. The van der Waals surface area contributed by atoms with Crippen LogP contribution in [0, 0.1) is 0 Å². The molecule has 0 atom stereocenters. The Hall–Kier alpha value is -2.87. The van der Waals surface area contributed by atoms with Gasteiger partial charge < -0.3 is 10.6 Å². The summed E-state index contributed by atoms with van der Waals surface area (Å²) < 4.78 is 25.0. The summed E-state index contributed by atoms with van der Waals surface area (Å²) in [5.74, 6) is -0.701. The highest BCUT2D eigenvalue weighted by Crippen LogP contribution is 2.18. The molecular formula is C19H23N3O4S. The molecule has 0 bridgehead atoms. The summed E-state index contributed by atoms with van der Waals surface area (Å²) in [6.07, 6.45) is 2.88. The summed E-state index contributed by atoms with van der Waals surface area (Å²) in [5.41, 5.74) is 1.31. The van der Waals surface area contributed by atoms with Crippen LogP contribution in [0.4, 0.5) is 11.4 Å². The van der Waals surface area contributed by atoms with Gasteiger partial charge in [-0.3, -0.25) is 14.3 Å². The van der Waals surface area contributed by atoms with Crippen molar-refractivity contribution >= 4 is 33.2 Å². The zero-order valence-corrected chi connectivity index (χ0v) is 16.1. The Labute approximate surface area is 159 Å². The van der Waals surface area contributed by atoms with Gasteiger partial charge >= 0.3 is 0 Å². The number of carbonyl (C=O) groups is 2. The van der Waals surface area contributed by atoms with Crippen molar-refractivity contribution in [3.63, 3.8) is 0 Å². The Morgan fingerprint density at radius 1 is 1.00 bits per heavy atom. The third-order valence-corrected chi connectivity index (χ3v) is 4.27. The molecule has 2 amide bonds. The van der Waals surface area contributed by atoms with E-state index in [1.807, 2.05) is 6.92 Å². The van der Waals surface area contributed by atoms with E-state index in [0.29, 0.717) is 17.8 Å². The molecule has 0 unspecified atom stereocenters. The van der Waals surface area contributed by atoms with Crippen molar-refractivity contribution in [1.82, 2.24) is 5.32 Å². The number of carbonyl (C=O) groups excluding carboxylic acids is 2. The lowest BCUT2D eigenvalue weighted by Gasteiger charge is -2.12. The second-order valence-corrected chi connectivity index (χ2v) is 7.81. The van der Waals surface area contributed by atoms with Crippen LogP contribution in [-0.2, 0) is 10.0 Å². The highest BCUT2D eigenvalue weighted by Gasteiger charge is 2.14. The zero-order chi connectivity index (χ0) is 19.9. The van der Waals surface area contributed by atoms with E-state index in [2.05, 4.69) is 15.4 Å². The van der Waals surface area contributed by atoms with Crippen LogP contribution in [0.15, 0.2) is 48.5 Å². The number of nitrogens with one attached hydrogen (secondary N) is 3. The maximum absolute atomic E-state index is 12.5. The van der Waals surface area contributed by atoms with Gasteiger partial charge in [-0.1, -0.05) is 31.5 Å². The normalized spacial score (nSPS) is 10.9. The Bertz CT molecular complexity index is 926. The fourth-order valence-corrected chi connectivity index (χ4v) is 2.95. The minimum absolute atomic E-state index is 0.258. The Kier molecular flexibility index (Phi) is 6.95. The monoisotopic (exact) mass is 389 g/mol. The first-order valence-electron chi connectivity index (χ1n) is 8.56. The molecule has 8 heteroatoms. The quantitative estimate of drug-likeness (QED) is 0.604. The summed E-state index contributed by atoms with van der Waals surface area (Å²) in [7, 11) is -3.44. The second-order valence-electron chi connectivity index (χ2n) is 6.06. The van der Waals surface area contributed by atoms with E-state index >= 15 is 0 Å². The fraction of sp³-hybridized carbons (Fsp3) is 0.263. The number of anilines is 2. The number of hydrogen-bond acceptors (Lipinski definition) is 4. The minimum atomic E-state index is -3.44. The standard InChI is InChI=1S/C19H23N3O4S/c1-3-4-12-20-19(24)16-10-5-6-11-17(16)21-18(23)14-8-7-9-15(13-14)22-27(2,25)26/h5-11,13,22H,3-4,12H2,1-2H3,(H,20,24)(H,21,23). The van der Waals surface area contributed by atoms with Crippen LogP contribution < -0.4 is 15.4 Å². The van der Waals surface area contributed by atoms with E-state index in [-0.39, 0.29) is 17.2 Å². The van der Waals surface area contributed by atoms with Crippen molar-refractivity contribution in [2.24, 2.45) is 0 Å². The zero-order valence-electron chi connectivity index (χ0n) is 15.3. The van der Waals surface area contributed by atoms with Crippen LogP contribution in [0.25, 0.3) is 0 Å². The smallest absolute Gasteiger partial charge is 0.255 e. The minimum Gasteiger partial charge on any atom is -0.352 e. The third-order valence-electron chi connectivity index (χ3n) is 3.66. The molecule has 0 aliphatic carbocycles. The average Bonchev–Trinajstić information content (AvgIpc) is 2.61. The Balaban J connectivity index is 2.17. The molecule has 0 fully saturated rings. The molecule has 144 valence electrons. The highest BCUT2D eigenvalue weighted by molar-refractivity contribution is 7.92. The van der Waals surface area contributed by atoms with Crippen LogP contribution >= 0.6 is 0 Å². The SMILES string of the molecule is CCCCNC(=O)c1ccccc1NC(=O)c1cccc(NS(C)(=O)=O)c1. The average molecular weight is 389 g/mol. The van der Waals surface area contributed by atoms with Crippen molar-refractivity contribution in [1.29, 1.82) is 0 Å². The van der Waals surface area contributed by atoms with E-state index in [1.54, 1.807) is 42.5 Å². The summed E-state index contributed by atoms with van der Waals surface area (Å²) in [4.78, 5) is 24.9. The Morgan fingerprint density at radius 2 is 1.74 bits per heavy atom. The van der Waals surface area contributed by atoms with Crippen molar-refractivity contribution in [2.45, 2.75) is 19.8 Å². The van der Waals surface area contributed by atoms with Gasteiger partial charge in [0, 0.05) is 17.8 Å². The largest absolute Gasteiger partial charge is 0.352 e. The van der Waals surface area contributed by atoms with Gasteiger partial charge in [-0.05, 0) is 36.8 Å². The molecular weight excluding hydrogens is 366 g/mol. The predicted octanol–water partition coefficient (Wildman–Crippen LogP) is 2.84. The molecule has 0 spiro atoms. The first kappa shape index (κ1) is 20.4. The highest BCUT2D eigenvalue weighted by atomic mass is 32.2. The van der Waals surface area contributed by atoms with Crippen molar-refractivity contribution in [2.75, 3.05) is 22.8 Å². The van der Waals surface area contributed by atoms with Gasteiger partial charge in [0.15, 0.2) is 0 Å². The van der Waals surface area contributed by atoms with Gasteiger partial charge in [0.05, 0.1) is 17.5 Å². The van der Waals surface area contributed by atoms with Crippen LogP contribution in [-0.4, -0.2) is 33.0 Å². The maximum atomic E-state index is 12.5. The lowest BCUT2D eigenvalue weighted by atomic mass is 10.1. The summed E-state index contributed by atoms with van der Waals surface area (Å²) in [5, 5.41) is 5.53. The van der Waals surface area contributed by atoms with Crippen LogP contribution in [0.5, 0.6) is 0 Å². The molecule has 2 aromatic carbocycles. The van der Waals surface area contributed by atoms with Gasteiger partial charge in [0.1, 0.15) is 0 Å². The van der Waals surface area contributed by atoms with Crippen LogP contribution in [0.2, 0.25) is 0 Å². The molecule has 0 aliphatic rings. The lowest BCUT2D eigenvalue weighted by Crippen LogP contribution is -2.26. The van der Waals surface area contributed by atoms with Crippen LogP contribution in [0.1, 0.15) is 40.5 Å². The third kappa shape index (κ3) is 6.41. The van der Waals surface area contributed by atoms with Gasteiger partial charge in [-0.15, -0.1) is 0 Å². The van der Waals surface area contributed by atoms with Crippen molar-refractivity contribution in [3.05, 3.63) is 59.7 Å². The summed E-state index contributed by atoms with van der Waals surface area (Å²) in [6, 6.07) is 12.8. The first-order chi connectivity index (χ1) is 12.8. The number of benzene rings is 2. The Morgan fingerprint density at radius 3 is 2.44 bits per heavy atom. The van der Waals surface area contributed by atoms with E-state index in [1.165, 1.54) is 6.07 Å². The molecule has 2 aromatic rings. The van der Waals surface area contributed by atoms with Crippen molar-refractivity contribution < 1.29 is 18.0 Å². The van der Waals surface area contributed by atoms with E-state index in [9.17, 15) is 18.0 Å². The first-order valence-corrected chi connectivity index (χ1v) is 10.5. The van der Waals surface area contributed by atoms with E-state index < -0.39 is 15.9 Å². The molecule has 0 aliphatic heterocycles.